The lowest BCUT2D eigenvalue weighted by molar-refractivity contribution is 0.418. The van der Waals surface area contributed by atoms with Crippen LogP contribution in [-0.2, 0) is 6.42 Å². The molecule has 0 aliphatic carbocycles. The van der Waals surface area contributed by atoms with E-state index in [1.807, 2.05) is 0 Å². The normalized spacial score (nSPS) is 11.1. The van der Waals surface area contributed by atoms with Crippen LogP contribution in [0.25, 0.3) is 10.8 Å². The number of benzene rings is 2. The molecular formula is C12H9F4N. The smallest absolute Gasteiger partial charge is 0.198 e. The Morgan fingerprint density at radius 1 is 0.941 bits per heavy atom. The third kappa shape index (κ3) is 1.62. The number of aryl methyl sites for hydroxylation is 1. The molecule has 0 bridgehead atoms. The van der Waals surface area contributed by atoms with Crippen molar-refractivity contribution in [3.63, 3.8) is 0 Å². The van der Waals surface area contributed by atoms with Gasteiger partial charge in [-0.25, -0.2) is 17.6 Å². The molecule has 0 saturated heterocycles. The molecular weight excluding hydrogens is 234 g/mol. The van der Waals surface area contributed by atoms with E-state index in [0.29, 0.717) is 12.0 Å². The highest BCUT2D eigenvalue weighted by Crippen LogP contribution is 2.31. The zero-order valence-electron chi connectivity index (χ0n) is 8.95. The number of nitrogens with two attached hydrogens (primary N) is 1. The van der Waals surface area contributed by atoms with Gasteiger partial charge in [0.25, 0.3) is 0 Å². The Hall–Kier alpha value is -1.78. The van der Waals surface area contributed by atoms with Crippen molar-refractivity contribution in [1.82, 2.24) is 0 Å². The first-order valence-corrected chi connectivity index (χ1v) is 5.01. The lowest BCUT2D eigenvalue weighted by Crippen LogP contribution is -2.01. The fourth-order valence-electron chi connectivity index (χ4n) is 1.86. The fourth-order valence-corrected chi connectivity index (χ4v) is 1.86. The topological polar surface area (TPSA) is 26.0 Å². The van der Waals surface area contributed by atoms with Gasteiger partial charge in [0, 0.05) is 16.5 Å². The Morgan fingerprint density at radius 2 is 1.53 bits per heavy atom. The van der Waals surface area contributed by atoms with Crippen LogP contribution in [0.4, 0.5) is 23.2 Å². The first kappa shape index (κ1) is 11.7. The van der Waals surface area contributed by atoms with E-state index in [-0.39, 0.29) is 16.5 Å². The van der Waals surface area contributed by atoms with Crippen molar-refractivity contribution in [2.75, 3.05) is 5.73 Å². The molecule has 0 spiro atoms. The molecule has 0 aliphatic rings. The molecule has 17 heavy (non-hydrogen) atoms. The van der Waals surface area contributed by atoms with Crippen molar-refractivity contribution in [2.24, 2.45) is 0 Å². The maximum Gasteiger partial charge on any atom is 0.198 e. The summed E-state index contributed by atoms with van der Waals surface area (Å²) in [5.74, 6) is -6.41. The molecule has 0 amide bonds. The van der Waals surface area contributed by atoms with Crippen LogP contribution in [0.1, 0.15) is 12.5 Å². The van der Waals surface area contributed by atoms with Crippen LogP contribution >= 0.6 is 0 Å². The van der Waals surface area contributed by atoms with Crippen LogP contribution in [0.15, 0.2) is 12.1 Å². The average molecular weight is 243 g/mol. The Labute approximate surface area is 94.8 Å². The van der Waals surface area contributed by atoms with Crippen molar-refractivity contribution in [2.45, 2.75) is 13.3 Å². The molecule has 0 aliphatic heterocycles. The van der Waals surface area contributed by atoms with Gasteiger partial charge in [-0.3, -0.25) is 0 Å². The van der Waals surface area contributed by atoms with Crippen LogP contribution in [0.3, 0.4) is 0 Å². The van der Waals surface area contributed by atoms with E-state index in [1.54, 1.807) is 6.92 Å². The van der Waals surface area contributed by atoms with Crippen molar-refractivity contribution in [1.29, 1.82) is 0 Å². The van der Waals surface area contributed by atoms with E-state index in [2.05, 4.69) is 0 Å². The second kappa shape index (κ2) is 3.91. The minimum atomic E-state index is -1.82. The Morgan fingerprint density at radius 3 is 2.12 bits per heavy atom. The van der Waals surface area contributed by atoms with Gasteiger partial charge in [-0.2, -0.15) is 0 Å². The highest BCUT2D eigenvalue weighted by Gasteiger charge is 2.22. The Balaban J connectivity index is 3.05. The number of anilines is 1. The molecule has 2 aromatic rings. The van der Waals surface area contributed by atoms with Crippen LogP contribution in [0, 0.1) is 23.3 Å². The number of nitrogen functional groups attached to an aromatic ring is 1. The predicted octanol–water partition coefficient (Wildman–Crippen LogP) is 3.54. The summed E-state index contributed by atoms with van der Waals surface area (Å²) in [5, 5.41) is -0.587. The van der Waals surface area contributed by atoms with Gasteiger partial charge in [0.15, 0.2) is 23.3 Å². The van der Waals surface area contributed by atoms with E-state index in [1.165, 1.54) is 6.07 Å². The number of rotatable bonds is 1. The van der Waals surface area contributed by atoms with E-state index >= 15 is 0 Å². The van der Waals surface area contributed by atoms with E-state index in [9.17, 15) is 17.6 Å². The molecule has 0 saturated carbocycles. The SMILES string of the molecule is CCc1cc(N)cc2c(F)c(F)c(F)c(F)c12. The molecule has 0 unspecified atom stereocenters. The van der Waals surface area contributed by atoms with E-state index < -0.39 is 23.3 Å². The third-order valence-corrected chi connectivity index (χ3v) is 2.66. The average Bonchev–Trinajstić information content (AvgIpc) is 2.32. The summed E-state index contributed by atoms with van der Waals surface area (Å²) in [5.41, 5.74) is 6.02. The van der Waals surface area contributed by atoms with Gasteiger partial charge in [0.05, 0.1) is 0 Å². The fraction of sp³-hybridized carbons (Fsp3) is 0.167. The molecule has 0 radical (unpaired) electrons. The maximum absolute atomic E-state index is 13.6. The number of hydrogen-bond donors (Lipinski definition) is 1. The summed E-state index contributed by atoms with van der Waals surface area (Å²) in [4.78, 5) is 0. The lowest BCUT2D eigenvalue weighted by Gasteiger charge is -2.10. The van der Waals surface area contributed by atoms with Crippen LogP contribution in [0.5, 0.6) is 0 Å². The van der Waals surface area contributed by atoms with Gasteiger partial charge in [0.2, 0.25) is 0 Å². The summed E-state index contributed by atoms with van der Waals surface area (Å²) in [6.45, 7) is 1.69. The Kier molecular flexibility index (Phi) is 2.69. The molecule has 0 aromatic heterocycles. The van der Waals surface area contributed by atoms with Crippen molar-refractivity contribution < 1.29 is 17.6 Å². The summed E-state index contributed by atoms with van der Waals surface area (Å²) in [7, 11) is 0. The highest BCUT2D eigenvalue weighted by molar-refractivity contribution is 5.90. The van der Waals surface area contributed by atoms with Gasteiger partial charge in [-0.1, -0.05) is 6.92 Å². The number of fused-ring (bicyclic) bond motifs is 1. The second-order valence-corrected chi connectivity index (χ2v) is 3.71. The summed E-state index contributed by atoms with van der Waals surface area (Å²) in [6, 6.07) is 2.51. The van der Waals surface area contributed by atoms with Gasteiger partial charge in [-0.15, -0.1) is 0 Å². The van der Waals surface area contributed by atoms with Gasteiger partial charge < -0.3 is 5.73 Å². The first-order chi connectivity index (χ1) is 7.97. The predicted molar refractivity (Wildman–Crippen MR) is 57.6 cm³/mol. The Bertz CT molecular complexity index is 607. The van der Waals surface area contributed by atoms with Crippen molar-refractivity contribution in [3.05, 3.63) is 41.0 Å². The second-order valence-electron chi connectivity index (χ2n) is 3.71. The van der Waals surface area contributed by atoms with E-state index in [4.69, 9.17) is 5.73 Å². The quantitative estimate of drug-likeness (QED) is 0.352. The van der Waals surface area contributed by atoms with Crippen LogP contribution in [0.2, 0.25) is 0 Å². The zero-order valence-corrected chi connectivity index (χ0v) is 8.95. The molecule has 0 atom stereocenters. The number of hydrogen-bond acceptors (Lipinski definition) is 1. The minimum Gasteiger partial charge on any atom is -0.399 e. The van der Waals surface area contributed by atoms with Gasteiger partial charge in [-0.05, 0) is 24.1 Å². The van der Waals surface area contributed by atoms with Gasteiger partial charge in [0.1, 0.15) is 0 Å². The van der Waals surface area contributed by atoms with Gasteiger partial charge >= 0.3 is 0 Å². The summed E-state index contributed by atoms with van der Waals surface area (Å²) >= 11 is 0. The zero-order chi connectivity index (χ0) is 12.7. The van der Waals surface area contributed by atoms with E-state index in [0.717, 1.165) is 6.07 Å². The lowest BCUT2D eigenvalue weighted by atomic mass is 10.00. The largest absolute Gasteiger partial charge is 0.399 e. The minimum absolute atomic E-state index is 0.179. The third-order valence-electron chi connectivity index (χ3n) is 2.66. The van der Waals surface area contributed by atoms with Crippen molar-refractivity contribution in [3.8, 4) is 0 Å². The van der Waals surface area contributed by atoms with Crippen LogP contribution in [-0.4, -0.2) is 0 Å². The number of halogens is 4. The molecule has 2 rings (SSSR count). The summed E-state index contributed by atoms with van der Waals surface area (Å²) < 4.78 is 53.3. The molecule has 5 heteroatoms. The monoisotopic (exact) mass is 243 g/mol. The molecule has 0 heterocycles. The first-order valence-electron chi connectivity index (χ1n) is 5.01. The maximum atomic E-state index is 13.6. The standard InChI is InChI=1S/C12H9F4N/c1-2-5-3-6(17)4-7-8(5)10(14)12(16)11(15)9(7)13/h3-4H,2,17H2,1H3. The molecule has 2 aromatic carbocycles. The molecule has 2 N–H and O–H groups in total. The molecule has 90 valence electrons. The van der Waals surface area contributed by atoms with Crippen molar-refractivity contribution >= 4 is 16.5 Å². The summed E-state index contributed by atoms with van der Waals surface area (Å²) in [6.07, 6.45) is 0.336. The van der Waals surface area contributed by atoms with Crippen LogP contribution < -0.4 is 5.73 Å². The molecule has 1 nitrogen and oxygen atoms in total. The molecule has 0 fully saturated rings. The highest BCUT2D eigenvalue weighted by atomic mass is 19.2.